The van der Waals surface area contributed by atoms with Crippen molar-refractivity contribution in [1.82, 2.24) is 20.2 Å². The van der Waals surface area contributed by atoms with E-state index in [1.807, 2.05) is 25.1 Å². The minimum absolute atomic E-state index is 0.0122. The predicted octanol–water partition coefficient (Wildman–Crippen LogP) is 1.17. The Morgan fingerprint density at radius 3 is 2.88 bits per heavy atom. The maximum absolute atomic E-state index is 11.9. The smallest absolute Gasteiger partial charge is 0.243 e. The standard InChI is InChI=1S/C18H27N5O/c1-22(2)10-4-7-17(24)21-14-8-11-23(12-9-14)18-15-5-3-6-16(15)19-13-20-18/h4,7,13-14H,3,5-6,8-12H2,1-2H3,(H,21,24)/b7-4+. The van der Waals surface area contributed by atoms with Gasteiger partial charge in [-0.1, -0.05) is 6.08 Å². The van der Waals surface area contributed by atoms with Crippen LogP contribution in [-0.2, 0) is 17.6 Å². The summed E-state index contributed by atoms with van der Waals surface area (Å²) in [6.45, 7) is 2.66. The van der Waals surface area contributed by atoms with Crippen molar-refractivity contribution in [3.63, 3.8) is 0 Å². The van der Waals surface area contributed by atoms with Gasteiger partial charge in [0, 0.05) is 43.0 Å². The Hall–Kier alpha value is -1.95. The molecule has 0 spiro atoms. The quantitative estimate of drug-likeness (QED) is 0.822. The Kier molecular flexibility index (Phi) is 5.45. The fourth-order valence-electron chi connectivity index (χ4n) is 3.47. The molecule has 0 unspecified atom stereocenters. The van der Waals surface area contributed by atoms with Crippen molar-refractivity contribution in [2.75, 3.05) is 38.6 Å². The van der Waals surface area contributed by atoms with E-state index >= 15 is 0 Å². The molecule has 130 valence electrons. The number of hydrogen-bond donors (Lipinski definition) is 1. The molecule has 0 saturated carbocycles. The Bertz CT molecular complexity index is 605. The van der Waals surface area contributed by atoms with E-state index in [-0.39, 0.29) is 11.9 Å². The van der Waals surface area contributed by atoms with E-state index in [0.717, 1.165) is 51.1 Å². The molecule has 1 saturated heterocycles. The Morgan fingerprint density at radius 1 is 1.33 bits per heavy atom. The lowest BCUT2D eigenvalue weighted by molar-refractivity contribution is -0.117. The number of rotatable bonds is 5. The van der Waals surface area contributed by atoms with Crippen molar-refractivity contribution in [3.8, 4) is 0 Å². The first-order valence-electron chi connectivity index (χ1n) is 8.83. The summed E-state index contributed by atoms with van der Waals surface area (Å²) in [5.74, 6) is 1.13. The summed E-state index contributed by atoms with van der Waals surface area (Å²) in [7, 11) is 3.98. The number of likely N-dealkylation sites (N-methyl/N-ethyl adjacent to an activating group) is 1. The molecule has 1 amide bonds. The third-order valence-electron chi connectivity index (χ3n) is 4.73. The number of piperidine rings is 1. The van der Waals surface area contributed by atoms with Crippen LogP contribution in [0.4, 0.5) is 5.82 Å². The largest absolute Gasteiger partial charge is 0.356 e. The summed E-state index contributed by atoms with van der Waals surface area (Å²) in [6, 6.07) is 0.257. The summed E-state index contributed by atoms with van der Waals surface area (Å²) in [5, 5.41) is 3.11. The SMILES string of the molecule is CN(C)C/C=C/C(=O)NC1CCN(c2ncnc3c2CCC3)CC1. The van der Waals surface area contributed by atoms with E-state index in [4.69, 9.17) is 0 Å². The molecular weight excluding hydrogens is 302 g/mol. The van der Waals surface area contributed by atoms with Crippen molar-refractivity contribution in [2.45, 2.75) is 38.1 Å². The molecule has 6 nitrogen and oxygen atoms in total. The van der Waals surface area contributed by atoms with Gasteiger partial charge in [0.1, 0.15) is 12.1 Å². The lowest BCUT2D eigenvalue weighted by atomic mass is 10.0. The summed E-state index contributed by atoms with van der Waals surface area (Å²) in [4.78, 5) is 25.3. The molecule has 24 heavy (non-hydrogen) atoms. The van der Waals surface area contributed by atoms with Crippen LogP contribution in [0.3, 0.4) is 0 Å². The highest BCUT2D eigenvalue weighted by Gasteiger charge is 2.25. The summed E-state index contributed by atoms with van der Waals surface area (Å²) in [5.41, 5.74) is 2.56. The minimum atomic E-state index is 0.0122. The molecule has 0 radical (unpaired) electrons. The lowest BCUT2D eigenvalue weighted by Gasteiger charge is -2.33. The second kappa shape index (κ2) is 7.75. The monoisotopic (exact) mass is 329 g/mol. The molecule has 1 aromatic heterocycles. The second-order valence-corrected chi connectivity index (χ2v) is 6.91. The average Bonchev–Trinajstić information content (AvgIpc) is 3.04. The normalized spacial score (nSPS) is 18.4. The molecule has 3 rings (SSSR count). The first-order chi connectivity index (χ1) is 11.6. The molecule has 2 heterocycles. The van der Waals surface area contributed by atoms with E-state index in [9.17, 15) is 4.79 Å². The third-order valence-corrected chi connectivity index (χ3v) is 4.73. The minimum Gasteiger partial charge on any atom is -0.356 e. The average molecular weight is 329 g/mol. The van der Waals surface area contributed by atoms with Crippen LogP contribution < -0.4 is 10.2 Å². The maximum Gasteiger partial charge on any atom is 0.243 e. The molecule has 1 fully saturated rings. The molecule has 1 N–H and O–H groups in total. The molecule has 1 aromatic rings. The number of fused-ring (bicyclic) bond motifs is 1. The van der Waals surface area contributed by atoms with Gasteiger partial charge >= 0.3 is 0 Å². The van der Waals surface area contributed by atoms with Crippen LogP contribution >= 0.6 is 0 Å². The Morgan fingerprint density at radius 2 is 2.12 bits per heavy atom. The highest BCUT2D eigenvalue weighted by molar-refractivity contribution is 5.87. The van der Waals surface area contributed by atoms with E-state index in [1.54, 1.807) is 12.4 Å². The number of aromatic nitrogens is 2. The van der Waals surface area contributed by atoms with Crippen LogP contribution in [0.1, 0.15) is 30.5 Å². The topological polar surface area (TPSA) is 61.4 Å². The van der Waals surface area contributed by atoms with Crippen LogP contribution in [0.2, 0.25) is 0 Å². The van der Waals surface area contributed by atoms with Crippen LogP contribution in [-0.4, -0.2) is 60.5 Å². The second-order valence-electron chi connectivity index (χ2n) is 6.91. The number of anilines is 1. The van der Waals surface area contributed by atoms with E-state index < -0.39 is 0 Å². The van der Waals surface area contributed by atoms with Crippen LogP contribution in [0.5, 0.6) is 0 Å². The third kappa shape index (κ3) is 4.12. The van der Waals surface area contributed by atoms with Gasteiger partial charge in [-0.25, -0.2) is 9.97 Å². The highest BCUT2D eigenvalue weighted by atomic mass is 16.1. The number of hydrogen-bond acceptors (Lipinski definition) is 5. The van der Waals surface area contributed by atoms with Crippen LogP contribution in [0, 0.1) is 0 Å². The van der Waals surface area contributed by atoms with Crippen LogP contribution in [0.15, 0.2) is 18.5 Å². The zero-order valence-electron chi connectivity index (χ0n) is 14.7. The van der Waals surface area contributed by atoms with Crippen molar-refractivity contribution in [2.24, 2.45) is 0 Å². The van der Waals surface area contributed by atoms with Gasteiger partial charge in [0.25, 0.3) is 0 Å². The maximum atomic E-state index is 11.9. The predicted molar refractivity (Wildman–Crippen MR) is 95.1 cm³/mol. The van der Waals surface area contributed by atoms with Gasteiger partial charge < -0.3 is 15.1 Å². The molecular formula is C18H27N5O. The van der Waals surface area contributed by atoms with Crippen molar-refractivity contribution >= 4 is 11.7 Å². The van der Waals surface area contributed by atoms with Gasteiger partial charge in [0.15, 0.2) is 0 Å². The van der Waals surface area contributed by atoms with E-state index in [1.165, 1.54) is 17.7 Å². The number of nitrogens with one attached hydrogen (secondary N) is 1. The first-order valence-corrected chi connectivity index (χ1v) is 8.83. The zero-order valence-corrected chi connectivity index (χ0v) is 14.7. The summed E-state index contributed by atoms with van der Waals surface area (Å²) >= 11 is 0. The summed E-state index contributed by atoms with van der Waals surface area (Å²) in [6.07, 6.45) is 10.5. The van der Waals surface area contributed by atoms with Crippen molar-refractivity contribution < 1.29 is 4.79 Å². The van der Waals surface area contributed by atoms with Gasteiger partial charge in [0.2, 0.25) is 5.91 Å². The fourth-order valence-corrected chi connectivity index (χ4v) is 3.47. The van der Waals surface area contributed by atoms with E-state index in [0.29, 0.717) is 0 Å². The van der Waals surface area contributed by atoms with Gasteiger partial charge in [-0.3, -0.25) is 4.79 Å². The number of carbonyl (C=O) groups is 1. The molecule has 0 atom stereocenters. The Labute approximate surface area is 144 Å². The molecule has 6 heteroatoms. The number of carbonyl (C=O) groups excluding carboxylic acids is 1. The molecule has 1 aliphatic carbocycles. The number of aryl methyl sites for hydroxylation is 1. The van der Waals surface area contributed by atoms with Gasteiger partial charge in [-0.2, -0.15) is 0 Å². The lowest BCUT2D eigenvalue weighted by Crippen LogP contribution is -2.44. The Balaban J connectivity index is 1.51. The fraction of sp³-hybridized carbons (Fsp3) is 0.611. The van der Waals surface area contributed by atoms with Crippen molar-refractivity contribution in [1.29, 1.82) is 0 Å². The van der Waals surface area contributed by atoms with Gasteiger partial charge in [-0.05, 0) is 46.2 Å². The molecule has 1 aliphatic heterocycles. The van der Waals surface area contributed by atoms with Crippen molar-refractivity contribution in [3.05, 3.63) is 29.7 Å². The molecule has 0 bridgehead atoms. The molecule has 0 aromatic carbocycles. The highest BCUT2D eigenvalue weighted by Crippen LogP contribution is 2.29. The summed E-state index contributed by atoms with van der Waals surface area (Å²) < 4.78 is 0. The first kappa shape index (κ1) is 16.9. The van der Waals surface area contributed by atoms with Gasteiger partial charge in [-0.15, -0.1) is 0 Å². The van der Waals surface area contributed by atoms with Crippen LogP contribution in [0.25, 0.3) is 0 Å². The van der Waals surface area contributed by atoms with E-state index in [2.05, 4.69) is 20.2 Å². The number of amides is 1. The molecule has 2 aliphatic rings. The zero-order chi connectivity index (χ0) is 16.9. The number of nitrogens with zero attached hydrogens (tertiary/aromatic N) is 4. The van der Waals surface area contributed by atoms with Gasteiger partial charge in [0.05, 0.1) is 0 Å².